The van der Waals surface area contributed by atoms with Crippen LogP contribution in [0.2, 0.25) is 0 Å². The van der Waals surface area contributed by atoms with Gasteiger partial charge in [0.05, 0.1) is 0 Å². The predicted molar refractivity (Wildman–Crippen MR) is 76.6 cm³/mol. The minimum absolute atomic E-state index is 0.00509. The first-order chi connectivity index (χ1) is 8.34. The van der Waals surface area contributed by atoms with Gasteiger partial charge in [0.25, 0.3) is 0 Å². The molecule has 0 saturated heterocycles. The van der Waals surface area contributed by atoms with Gasteiger partial charge in [0.15, 0.2) is 0 Å². The summed E-state index contributed by atoms with van der Waals surface area (Å²) in [4.78, 5) is 11.9. The van der Waals surface area contributed by atoms with E-state index < -0.39 is 0 Å². The molecule has 1 aliphatic carbocycles. The van der Waals surface area contributed by atoms with Crippen molar-refractivity contribution in [2.75, 3.05) is 0 Å². The third kappa shape index (κ3) is 4.51. The molecule has 0 unspecified atom stereocenters. The van der Waals surface area contributed by atoms with Crippen LogP contribution in [0.5, 0.6) is 0 Å². The molecule has 0 heterocycles. The summed E-state index contributed by atoms with van der Waals surface area (Å²) >= 11 is 0. The van der Waals surface area contributed by atoms with Gasteiger partial charge in [-0.25, -0.2) is 4.79 Å². The lowest BCUT2D eigenvalue weighted by molar-refractivity contribution is 0.133. The minimum atomic E-state index is 0.00509. The van der Waals surface area contributed by atoms with Gasteiger partial charge >= 0.3 is 6.03 Å². The number of nitrogens with one attached hydrogen (secondary N) is 2. The summed E-state index contributed by atoms with van der Waals surface area (Å²) in [5.74, 6) is 0.592. The molecule has 0 aromatic carbocycles. The van der Waals surface area contributed by atoms with Crippen LogP contribution in [0.4, 0.5) is 4.79 Å². The summed E-state index contributed by atoms with van der Waals surface area (Å²) in [6.07, 6.45) is 5.86. The van der Waals surface area contributed by atoms with Crippen molar-refractivity contribution in [3.05, 3.63) is 0 Å². The maximum atomic E-state index is 11.9. The van der Waals surface area contributed by atoms with Gasteiger partial charge in [-0.15, -0.1) is 0 Å². The third-order valence-electron chi connectivity index (χ3n) is 4.18. The van der Waals surface area contributed by atoms with Gasteiger partial charge in [-0.1, -0.05) is 40.5 Å². The number of carbonyl (C=O) groups excluding carboxylic acids is 1. The van der Waals surface area contributed by atoms with E-state index in [4.69, 9.17) is 0 Å². The van der Waals surface area contributed by atoms with Crippen LogP contribution >= 0.6 is 0 Å². The first-order valence-corrected chi connectivity index (χ1v) is 7.41. The van der Waals surface area contributed by atoms with E-state index >= 15 is 0 Å². The molecule has 0 aliphatic heterocycles. The third-order valence-corrected chi connectivity index (χ3v) is 4.18. The number of hydrogen-bond acceptors (Lipinski definition) is 1. The molecule has 3 heteroatoms. The second-order valence-electron chi connectivity index (χ2n) is 6.79. The zero-order valence-corrected chi connectivity index (χ0v) is 12.7. The van der Waals surface area contributed by atoms with Crippen LogP contribution < -0.4 is 10.6 Å². The summed E-state index contributed by atoms with van der Waals surface area (Å²) in [7, 11) is 0. The molecule has 0 radical (unpaired) electrons. The van der Waals surface area contributed by atoms with Gasteiger partial charge in [-0.2, -0.15) is 0 Å². The lowest BCUT2D eigenvalue weighted by Crippen LogP contribution is -2.51. The van der Waals surface area contributed by atoms with Crippen molar-refractivity contribution in [1.29, 1.82) is 0 Å². The van der Waals surface area contributed by atoms with Crippen molar-refractivity contribution in [2.45, 2.75) is 78.8 Å². The fourth-order valence-electron chi connectivity index (χ4n) is 2.88. The van der Waals surface area contributed by atoms with E-state index in [0.29, 0.717) is 12.0 Å². The molecule has 2 amide bonds. The molecule has 2 N–H and O–H groups in total. The standard InChI is InChI=1S/C15H30N2O/c1-6-11(2)16-14(18)17-13-10-8-7-9-12(13)15(3,4)5/h11-13H,6-10H2,1-5H3,(H2,16,17,18)/t11-,12+,13+/m0/s1. The number of amides is 2. The Labute approximate surface area is 112 Å². The minimum Gasteiger partial charge on any atom is -0.336 e. The highest BCUT2D eigenvalue weighted by Gasteiger charge is 2.34. The highest BCUT2D eigenvalue weighted by molar-refractivity contribution is 5.74. The molecule has 0 spiro atoms. The second-order valence-corrected chi connectivity index (χ2v) is 6.79. The lowest BCUT2D eigenvalue weighted by Gasteiger charge is -2.40. The quantitative estimate of drug-likeness (QED) is 0.792. The normalized spacial score (nSPS) is 26.5. The fourth-order valence-corrected chi connectivity index (χ4v) is 2.88. The number of carbonyl (C=O) groups is 1. The van der Waals surface area contributed by atoms with Gasteiger partial charge in [0, 0.05) is 12.1 Å². The Morgan fingerprint density at radius 3 is 2.44 bits per heavy atom. The average Bonchev–Trinajstić information content (AvgIpc) is 2.27. The number of rotatable bonds is 3. The molecule has 1 aliphatic rings. The zero-order chi connectivity index (χ0) is 13.8. The molecule has 1 saturated carbocycles. The van der Waals surface area contributed by atoms with Gasteiger partial charge in [-0.05, 0) is 37.5 Å². The average molecular weight is 254 g/mol. The highest BCUT2D eigenvalue weighted by Crippen LogP contribution is 2.37. The molecule has 3 nitrogen and oxygen atoms in total. The summed E-state index contributed by atoms with van der Waals surface area (Å²) in [5.41, 5.74) is 0.273. The Kier molecular flexibility index (Phi) is 5.48. The Bertz CT molecular complexity index is 270. The van der Waals surface area contributed by atoms with Crippen LogP contribution in [-0.4, -0.2) is 18.1 Å². The summed E-state index contributed by atoms with van der Waals surface area (Å²) in [5, 5.41) is 6.19. The van der Waals surface area contributed by atoms with E-state index in [9.17, 15) is 4.79 Å². The maximum Gasteiger partial charge on any atom is 0.315 e. The zero-order valence-electron chi connectivity index (χ0n) is 12.7. The second kappa shape index (κ2) is 6.44. The molecule has 106 valence electrons. The van der Waals surface area contributed by atoms with Crippen LogP contribution in [0.1, 0.15) is 66.7 Å². The van der Waals surface area contributed by atoms with Crippen molar-refractivity contribution in [2.24, 2.45) is 11.3 Å². The summed E-state index contributed by atoms with van der Waals surface area (Å²) in [6.45, 7) is 11.0. The van der Waals surface area contributed by atoms with Crippen LogP contribution in [0.15, 0.2) is 0 Å². The molecule has 1 fully saturated rings. The van der Waals surface area contributed by atoms with E-state index in [1.165, 1.54) is 19.3 Å². The Morgan fingerprint density at radius 2 is 1.89 bits per heavy atom. The molecule has 0 aromatic rings. The van der Waals surface area contributed by atoms with Gasteiger partial charge < -0.3 is 10.6 Å². The van der Waals surface area contributed by atoms with Crippen LogP contribution in [0.25, 0.3) is 0 Å². The topological polar surface area (TPSA) is 41.1 Å². The number of urea groups is 1. The van der Waals surface area contributed by atoms with Crippen LogP contribution in [0.3, 0.4) is 0 Å². The van der Waals surface area contributed by atoms with Crippen LogP contribution in [-0.2, 0) is 0 Å². The fraction of sp³-hybridized carbons (Fsp3) is 0.933. The maximum absolute atomic E-state index is 11.9. The summed E-state index contributed by atoms with van der Waals surface area (Å²) < 4.78 is 0. The molecule has 0 bridgehead atoms. The van der Waals surface area contributed by atoms with Crippen molar-refractivity contribution >= 4 is 6.03 Å². The van der Waals surface area contributed by atoms with E-state index in [-0.39, 0.29) is 17.5 Å². The smallest absolute Gasteiger partial charge is 0.315 e. The predicted octanol–water partition coefficient (Wildman–Crippen LogP) is 3.69. The van der Waals surface area contributed by atoms with E-state index in [0.717, 1.165) is 12.8 Å². The lowest BCUT2D eigenvalue weighted by atomic mass is 9.69. The largest absolute Gasteiger partial charge is 0.336 e. The Morgan fingerprint density at radius 1 is 1.28 bits per heavy atom. The molecular weight excluding hydrogens is 224 g/mol. The molecule has 3 atom stereocenters. The highest BCUT2D eigenvalue weighted by atomic mass is 16.2. The molecule has 0 aromatic heterocycles. The van der Waals surface area contributed by atoms with E-state index in [1.807, 2.05) is 6.92 Å². The molecule has 18 heavy (non-hydrogen) atoms. The van der Waals surface area contributed by atoms with E-state index in [2.05, 4.69) is 38.3 Å². The van der Waals surface area contributed by atoms with Crippen LogP contribution in [0, 0.1) is 11.3 Å². The molecular formula is C15H30N2O. The monoisotopic (exact) mass is 254 g/mol. The SMILES string of the molecule is CC[C@H](C)NC(=O)N[C@@H]1CCCC[C@H]1C(C)(C)C. The van der Waals surface area contributed by atoms with Crippen molar-refractivity contribution in [3.63, 3.8) is 0 Å². The first kappa shape index (κ1) is 15.3. The Hall–Kier alpha value is -0.730. The summed E-state index contributed by atoms with van der Waals surface area (Å²) in [6, 6.07) is 0.593. The molecule has 1 rings (SSSR count). The van der Waals surface area contributed by atoms with E-state index in [1.54, 1.807) is 0 Å². The van der Waals surface area contributed by atoms with Gasteiger partial charge in [0.2, 0.25) is 0 Å². The van der Waals surface area contributed by atoms with Crippen molar-refractivity contribution in [1.82, 2.24) is 10.6 Å². The van der Waals surface area contributed by atoms with Crippen molar-refractivity contribution < 1.29 is 4.79 Å². The first-order valence-electron chi connectivity index (χ1n) is 7.41. The van der Waals surface area contributed by atoms with Gasteiger partial charge in [0.1, 0.15) is 0 Å². The van der Waals surface area contributed by atoms with Gasteiger partial charge in [-0.3, -0.25) is 0 Å². The van der Waals surface area contributed by atoms with Crippen molar-refractivity contribution in [3.8, 4) is 0 Å². The number of hydrogen-bond donors (Lipinski definition) is 2. The Balaban J connectivity index is 2.54.